The van der Waals surface area contributed by atoms with Crippen molar-refractivity contribution in [2.75, 3.05) is 11.5 Å². The molecule has 0 aliphatic heterocycles. The predicted octanol–water partition coefficient (Wildman–Crippen LogP) is 1.16. The summed E-state index contributed by atoms with van der Waals surface area (Å²) in [5, 5.41) is 3.96. The number of nitrogens with zero attached hydrogens (tertiary/aromatic N) is 2. The number of aryl methyl sites for hydroxylation is 2. The van der Waals surface area contributed by atoms with E-state index in [0.717, 1.165) is 11.6 Å². The van der Waals surface area contributed by atoms with Gasteiger partial charge < -0.3 is 5.73 Å². The summed E-state index contributed by atoms with van der Waals surface area (Å²) in [7, 11) is -1.76. The summed E-state index contributed by atoms with van der Waals surface area (Å²) in [4.78, 5) is -0.0527. The number of benzene rings is 1. The van der Waals surface area contributed by atoms with Gasteiger partial charge in [-0.3, -0.25) is 4.68 Å². The maximum absolute atomic E-state index is 13.3. The largest absolute Gasteiger partial charge is 0.396 e. The van der Waals surface area contributed by atoms with Gasteiger partial charge >= 0.3 is 0 Å². The van der Waals surface area contributed by atoms with Crippen LogP contribution in [-0.4, -0.2) is 24.0 Å². The Morgan fingerprint density at radius 1 is 1.42 bits per heavy atom. The van der Waals surface area contributed by atoms with Gasteiger partial charge in [0.1, 0.15) is 5.82 Å². The van der Waals surface area contributed by atoms with Gasteiger partial charge in [0.15, 0.2) is 9.84 Å². The van der Waals surface area contributed by atoms with Gasteiger partial charge in [-0.1, -0.05) is 0 Å². The number of halogens is 1. The van der Waals surface area contributed by atoms with Crippen LogP contribution < -0.4 is 5.73 Å². The molecule has 1 aromatic carbocycles. The van der Waals surface area contributed by atoms with Crippen LogP contribution in [0, 0.1) is 5.82 Å². The Balaban J connectivity index is 2.16. The van der Waals surface area contributed by atoms with Crippen molar-refractivity contribution in [3.05, 3.63) is 42.0 Å². The lowest BCUT2D eigenvalue weighted by atomic mass is 10.3. The monoisotopic (exact) mass is 283 g/mol. The Bertz CT molecular complexity index is 695. The summed E-state index contributed by atoms with van der Waals surface area (Å²) in [6, 6.07) is 3.52. The van der Waals surface area contributed by atoms with E-state index in [0.29, 0.717) is 6.42 Å². The molecule has 102 valence electrons. The molecule has 0 spiro atoms. The lowest BCUT2D eigenvalue weighted by molar-refractivity contribution is 0.591. The second-order valence-electron chi connectivity index (χ2n) is 4.27. The van der Waals surface area contributed by atoms with E-state index in [1.54, 1.807) is 24.1 Å². The van der Waals surface area contributed by atoms with Crippen LogP contribution in [0.25, 0.3) is 0 Å². The number of rotatable bonds is 4. The minimum atomic E-state index is -3.52. The molecule has 1 aromatic heterocycles. The number of sulfone groups is 1. The van der Waals surface area contributed by atoms with Gasteiger partial charge in [0.05, 0.1) is 22.5 Å². The highest BCUT2D eigenvalue weighted by atomic mass is 32.2. The quantitative estimate of drug-likeness (QED) is 0.854. The van der Waals surface area contributed by atoms with Crippen molar-refractivity contribution in [1.29, 1.82) is 0 Å². The van der Waals surface area contributed by atoms with Gasteiger partial charge in [-0.25, -0.2) is 12.8 Å². The van der Waals surface area contributed by atoms with Crippen LogP contribution in [0.15, 0.2) is 35.5 Å². The van der Waals surface area contributed by atoms with E-state index in [2.05, 4.69) is 5.10 Å². The van der Waals surface area contributed by atoms with Crippen LogP contribution in [0.1, 0.15) is 5.56 Å². The Morgan fingerprint density at radius 3 is 2.74 bits per heavy atom. The molecular weight excluding hydrogens is 269 g/mol. The third kappa shape index (κ3) is 3.11. The summed E-state index contributed by atoms with van der Waals surface area (Å²) in [6.45, 7) is 0. The topological polar surface area (TPSA) is 78.0 Å². The highest BCUT2D eigenvalue weighted by Gasteiger charge is 2.16. The van der Waals surface area contributed by atoms with E-state index in [4.69, 9.17) is 5.73 Å². The predicted molar refractivity (Wildman–Crippen MR) is 69.8 cm³/mol. The first kappa shape index (κ1) is 13.5. The summed E-state index contributed by atoms with van der Waals surface area (Å²) in [6.07, 6.45) is 3.69. The van der Waals surface area contributed by atoms with Crippen molar-refractivity contribution < 1.29 is 12.8 Å². The Morgan fingerprint density at radius 2 is 2.16 bits per heavy atom. The van der Waals surface area contributed by atoms with E-state index in [-0.39, 0.29) is 16.3 Å². The molecule has 0 amide bonds. The molecule has 0 aliphatic carbocycles. The Hall–Kier alpha value is -1.89. The molecular formula is C12H14FN3O2S. The Kier molecular flexibility index (Phi) is 3.57. The van der Waals surface area contributed by atoms with Crippen molar-refractivity contribution >= 4 is 15.5 Å². The van der Waals surface area contributed by atoms with Crippen LogP contribution in [-0.2, 0) is 23.3 Å². The van der Waals surface area contributed by atoms with Crippen LogP contribution >= 0.6 is 0 Å². The maximum Gasteiger partial charge on any atom is 0.178 e. The molecule has 5 nitrogen and oxygen atoms in total. The highest BCUT2D eigenvalue weighted by molar-refractivity contribution is 7.91. The fourth-order valence-corrected chi connectivity index (χ4v) is 2.97. The summed E-state index contributed by atoms with van der Waals surface area (Å²) < 4.78 is 39.0. The molecule has 1 heterocycles. The standard InChI is InChI=1S/C12H14FN3O2S/c1-16-8-9(7-15-16)4-5-19(17,18)10-2-3-12(14)11(13)6-10/h2-3,6-8H,4-5,14H2,1H3. The second-order valence-corrected chi connectivity index (χ2v) is 6.38. The van der Waals surface area contributed by atoms with Crippen LogP contribution in [0.4, 0.5) is 10.1 Å². The number of nitrogen functional groups attached to an aromatic ring is 1. The molecule has 0 fully saturated rings. The van der Waals surface area contributed by atoms with Gasteiger partial charge in [0.25, 0.3) is 0 Å². The summed E-state index contributed by atoms with van der Waals surface area (Å²) >= 11 is 0. The number of aromatic nitrogens is 2. The molecule has 2 rings (SSSR count). The molecule has 0 radical (unpaired) electrons. The lowest BCUT2D eigenvalue weighted by Crippen LogP contribution is -2.09. The molecule has 0 saturated carbocycles. The van der Waals surface area contributed by atoms with E-state index in [1.165, 1.54) is 12.1 Å². The minimum Gasteiger partial charge on any atom is -0.396 e. The fraction of sp³-hybridized carbons (Fsp3) is 0.250. The van der Waals surface area contributed by atoms with Gasteiger partial charge in [-0.05, 0) is 30.2 Å². The van der Waals surface area contributed by atoms with Crippen molar-refractivity contribution in [2.24, 2.45) is 7.05 Å². The van der Waals surface area contributed by atoms with E-state index < -0.39 is 15.7 Å². The van der Waals surface area contributed by atoms with E-state index >= 15 is 0 Å². The van der Waals surface area contributed by atoms with Crippen molar-refractivity contribution in [2.45, 2.75) is 11.3 Å². The Labute approximate surface area is 110 Å². The fourth-order valence-electron chi connectivity index (χ4n) is 1.67. The molecule has 2 N–H and O–H groups in total. The minimum absolute atomic E-state index is 0.0527. The van der Waals surface area contributed by atoms with Gasteiger partial charge in [0, 0.05) is 13.2 Å². The molecule has 0 saturated heterocycles. The molecule has 7 heteroatoms. The number of hydrogen-bond acceptors (Lipinski definition) is 4. The third-order valence-electron chi connectivity index (χ3n) is 2.75. The first-order chi connectivity index (χ1) is 8.88. The van der Waals surface area contributed by atoms with Crippen molar-refractivity contribution in [3.8, 4) is 0 Å². The zero-order chi connectivity index (χ0) is 14.0. The number of nitrogens with two attached hydrogens (primary N) is 1. The smallest absolute Gasteiger partial charge is 0.178 e. The zero-order valence-electron chi connectivity index (χ0n) is 10.4. The molecule has 0 atom stereocenters. The van der Waals surface area contributed by atoms with Crippen LogP contribution in [0.3, 0.4) is 0 Å². The molecule has 2 aromatic rings. The molecule has 0 aliphatic rings. The average molecular weight is 283 g/mol. The number of hydrogen-bond donors (Lipinski definition) is 1. The second kappa shape index (κ2) is 5.00. The van der Waals surface area contributed by atoms with Crippen molar-refractivity contribution in [3.63, 3.8) is 0 Å². The van der Waals surface area contributed by atoms with Gasteiger partial charge in [0.2, 0.25) is 0 Å². The SMILES string of the molecule is Cn1cc(CCS(=O)(=O)c2ccc(N)c(F)c2)cn1. The molecule has 0 unspecified atom stereocenters. The third-order valence-corrected chi connectivity index (χ3v) is 4.46. The highest BCUT2D eigenvalue weighted by Crippen LogP contribution is 2.18. The zero-order valence-corrected chi connectivity index (χ0v) is 11.2. The van der Waals surface area contributed by atoms with Gasteiger partial charge in [-0.15, -0.1) is 0 Å². The van der Waals surface area contributed by atoms with E-state index in [1.807, 2.05) is 0 Å². The number of anilines is 1. The summed E-state index contributed by atoms with van der Waals surface area (Å²) in [5.74, 6) is -0.815. The molecule has 0 bridgehead atoms. The normalized spacial score (nSPS) is 11.7. The van der Waals surface area contributed by atoms with E-state index in [9.17, 15) is 12.8 Å². The lowest BCUT2D eigenvalue weighted by Gasteiger charge is -2.05. The van der Waals surface area contributed by atoms with Gasteiger partial charge in [-0.2, -0.15) is 5.10 Å². The van der Waals surface area contributed by atoms with Crippen molar-refractivity contribution in [1.82, 2.24) is 9.78 Å². The first-order valence-corrected chi connectivity index (χ1v) is 7.29. The van der Waals surface area contributed by atoms with Crippen LogP contribution in [0.5, 0.6) is 0 Å². The summed E-state index contributed by atoms with van der Waals surface area (Å²) in [5.41, 5.74) is 6.08. The average Bonchev–Trinajstić information content (AvgIpc) is 2.76. The maximum atomic E-state index is 13.3. The first-order valence-electron chi connectivity index (χ1n) is 5.64. The van der Waals surface area contributed by atoms with Crippen LogP contribution in [0.2, 0.25) is 0 Å². The molecule has 19 heavy (non-hydrogen) atoms.